The number of carbonyl (C=O) groups excluding carboxylic acids is 2. The lowest BCUT2D eigenvalue weighted by atomic mass is 9.98. The number of carbonyl (C=O) groups is 2. The Balaban J connectivity index is 3.62. The van der Waals surface area contributed by atoms with Gasteiger partial charge in [-0.05, 0) is 19.9 Å². The van der Waals surface area contributed by atoms with Crippen molar-refractivity contribution < 1.29 is 24.9 Å². The fourth-order valence-corrected chi connectivity index (χ4v) is 1.40. The molecule has 0 heterocycles. The molecule has 0 saturated heterocycles. The molecule has 0 unspecified atom stereocenters. The van der Waals surface area contributed by atoms with E-state index in [-0.39, 0.29) is 16.7 Å². The van der Waals surface area contributed by atoms with Crippen LogP contribution in [0.3, 0.4) is 0 Å². The molecule has 1 aromatic rings. The van der Waals surface area contributed by atoms with Gasteiger partial charge in [0.25, 0.3) is 0 Å². The lowest BCUT2D eigenvalue weighted by Gasteiger charge is -2.11. The number of aliphatic hydroxyl groups excluding tert-OH is 1. The summed E-state index contributed by atoms with van der Waals surface area (Å²) in [6.07, 6.45) is 0. The molecule has 1 rings (SSSR count). The van der Waals surface area contributed by atoms with Gasteiger partial charge in [0.15, 0.2) is 11.6 Å². The standard InChI is InChI=1S/C11H12O5/c1-5(13)7-3-8(6(2)14)11(16)9(4-12)10(7)15/h3,12,15-16H,4H2,1-2H3. The molecular weight excluding hydrogens is 212 g/mol. The predicted molar refractivity (Wildman–Crippen MR) is 55.7 cm³/mol. The van der Waals surface area contributed by atoms with Crippen molar-refractivity contribution in [1.29, 1.82) is 0 Å². The van der Waals surface area contributed by atoms with Crippen molar-refractivity contribution in [3.05, 3.63) is 22.8 Å². The van der Waals surface area contributed by atoms with Crippen molar-refractivity contribution in [3.63, 3.8) is 0 Å². The van der Waals surface area contributed by atoms with E-state index >= 15 is 0 Å². The van der Waals surface area contributed by atoms with Gasteiger partial charge in [-0.15, -0.1) is 0 Å². The van der Waals surface area contributed by atoms with Crippen molar-refractivity contribution in [2.45, 2.75) is 20.5 Å². The summed E-state index contributed by atoms with van der Waals surface area (Å²) in [6, 6.07) is 1.12. The number of aliphatic hydroxyl groups is 1. The van der Waals surface area contributed by atoms with Gasteiger partial charge in [-0.1, -0.05) is 0 Å². The highest BCUT2D eigenvalue weighted by atomic mass is 16.3. The molecule has 16 heavy (non-hydrogen) atoms. The van der Waals surface area contributed by atoms with Crippen LogP contribution in [0.1, 0.15) is 40.1 Å². The van der Waals surface area contributed by atoms with Gasteiger partial charge in [0.05, 0.1) is 23.3 Å². The van der Waals surface area contributed by atoms with Crippen LogP contribution >= 0.6 is 0 Å². The fourth-order valence-electron chi connectivity index (χ4n) is 1.40. The first-order chi connectivity index (χ1) is 7.40. The minimum absolute atomic E-state index is 0.0907. The summed E-state index contributed by atoms with van der Waals surface area (Å²) in [7, 11) is 0. The van der Waals surface area contributed by atoms with E-state index in [1.807, 2.05) is 0 Å². The normalized spacial score (nSPS) is 10.2. The van der Waals surface area contributed by atoms with Gasteiger partial charge in [-0.3, -0.25) is 9.59 Å². The second-order valence-corrected chi connectivity index (χ2v) is 3.42. The second-order valence-electron chi connectivity index (χ2n) is 3.42. The summed E-state index contributed by atoms with van der Waals surface area (Å²) >= 11 is 0. The van der Waals surface area contributed by atoms with Gasteiger partial charge >= 0.3 is 0 Å². The molecule has 0 aromatic heterocycles. The van der Waals surface area contributed by atoms with E-state index in [4.69, 9.17) is 5.11 Å². The first-order valence-electron chi connectivity index (χ1n) is 4.60. The fraction of sp³-hybridized carbons (Fsp3) is 0.273. The van der Waals surface area contributed by atoms with Gasteiger partial charge < -0.3 is 15.3 Å². The predicted octanol–water partition coefficient (Wildman–Crippen LogP) is 0.995. The average molecular weight is 224 g/mol. The van der Waals surface area contributed by atoms with Crippen LogP contribution in [0, 0.1) is 0 Å². The van der Waals surface area contributed by atoms with Crippen molar-refractivity contribution >= 4 is 11.6 Å². The quantitative estimate of drug-likeness (QED) is 0.665. The van der Waals surface area contributed by atoms with Crippen LogP contribution in [0.15, 0.2) is 6.07 Å². The molecule has 1 aromatic carbocycles. The van der Waals surface area contributed by atoms with E-state index < -0.39 is 29.7 Å². The Morgan fingerprint density at radius 1 is 1.06 bits per heavy atom. The van der Waals surface area contributed by atoms with Crippen molar-refractivity contribution in [1.82, 2.24) is 0 Å². The molecule has 0 bridgehead atoms. The molecule has 86 valence electrons. The summed E-state index contributed by atoms with van der Waals surface area (Å²) in [6.45, 7) is 1.79. The van der Waals surface area contributed by atoms with Crippen LogP contribution in [0.2, 0.25) is 0 Å². The van der Waals surface area contributed by atoms with Crippen LogP contribution < -0.4 is 0 Å². The third-order valence-electron chi connectivity index (χ3n) is 2.29. The van der Waals surface area contributed by atoms with Gasteiger partial charge in [0.2, 0.25) is 0 Å². The Morgan fingerprint density at radius 3 is 1.69 bits per heavy atom. The molecule has 0 saturated carbocycles. The third kappa shape index (κ3) is 1.90. The van der Waals surface area contributed by atoms with Gasteiger partial charge in [-0.2, -0.15) is 0 Å². The maximum atomic E-state index is 11.2. The molecule has 5 heteroatoms. The van der Waals surface area contributed by atoms with Crippen molar-refractivity contribution in [3.8, 4) is 11.5 Å². The second kappa shape index (κ2) is 4.32. The number of phenols is 2. The van der Waals surface area contributed by atoms with E-state index in [1.165, 1.54) is 13.8 Å². The highest BCUT2D eigenvalue weighted by molar-refractivity contribution is 6.03. The van der Waals surface area contributed by atoms with E-state index in [0.29, 0.717) is 0 Å². The number of ketones is 2. The molecule has 0 aliphatic heterocycles. The molecule has 0 radical (unpaired) electrons. The number of hydrogen-bond acceptors (Lipinski definition) is 5. The van der Waals surface area contributed by atoms with E-state index in [0.717, 1.165) is 6.07 Å². The monoisotopic (exact) mass is 224 g/mol. The van der Waals surface area contributed by atoms with Crippen LogP contribution in [0.4, 0.5) is 0 Å². The zero-order valence-corrected chi connectivity index (χ0v) is 8.94. The zero-order valence-electron chi connectivity index (χ0n) is 8.94. The molecule has 3 N–H and O–H groups in total. The summed E-state index contributed by atoms with van der Waals surface area (Å²) < 4.78 is 0. The summed E-state index contributed by atoms with van der Waals surface area (Å²) in [5.41, 5.74) is -0.392. The average Bonchev–Trinajstić information content (AvgIpc) is 2.17. The molecule has 0 aliphatic carbocycles. The lowest BCUT2D eigenvalue weighted by Crippen LogP contribution is -2.03. The van der Waals surface area contributed by atoms with Crippen LogP contribution in [0.25, 0.3) is 0 Å². The minimum Gasteiger partial charge on any atom is -0.507 e. The van der Waals surface area contributed by atoms with E-state index in [9.17, 15) is 19.8 Å². The number of hydrogen-bond donors (Lipinski definition) is 3. The van der Waals surface area contributed by atoms with Crippen molar-refractivity contribution in [2.75, 3.05) is 0 Å². The zero-order chi connectivity index (χ0) is 12.5. The Morgan fingerprint density at radius 2 is 1.44 bits per heavy atom. The van der Waals surface area contributed by atoms with E-state index in [1.54, 1.807) is 0 Å². The number of benzene rings is 1. The molecule has 0 atom stereocenters. The van der Waals surface area contributed by atoms with Gasteiger partial charge in [0, 0.05) is 0 Å². The minimum atomic E-state index is -0.654. The smallest absolute Gasteiger partial charge is 0.163 e. The third-order valence-corrected chi connectivity index (χ3v) is 2.29. The van der Waals surface area contributed by atoms with Crippen LogP contribution in [-0.2, 0) is 6.61 Å². The maximum absolute atomic E-state index is 11.2. The number of rotatable bonds is 3. The summed E-state index contributed by atoms with van der Waals surface area (Å²) in [4.78, 5) is 22.4. The molecule has 0 spiro atoms. The molecular formula is C11H12O5. The Hall–Kier alpha value is -1.88. The molecule has 0 fully saturated rings. The number of Topliss-reactive ketones (excluding diaryl/α,β-unsaturated/α-hetero) is 2. The summed E-state index contributed by atoms with van der Waals surface area (Å²) in [5, 5.41) is 28.2. The molecule has 5 nitrogen and oxygen atoms in total. The highest BCUT2D eigenvalue weighted by Crippen LogP contribution is 2.34. The first kappa shape index (κ1) is 12.2. The van der Waals surface area contributed by atoms with Gasteiger partial charge in [0.1, 0.15) is 11.5 Å². The van der Waals surface area contributed by atoms with Crippen LogP contribution in [-0.4, -0.2) is 26.9 Å². The topological polar surface area (TPSA) is 94.8 Å². The lowest BCUT2D eigenvalue weighted by molar-refractivity contribution is 0.101. The highest BCUT2D eigenvalue weighted by Gasteiger charge is 2.20. The Labute approximate surface area is 92.0 Å². The number of aromatic hydroxyl groups is 2. The molecule has 0 amide bonds. The largest absolute Gasteiger partial charge is 0.507 e. The summed E-state index contributed by atoms with van der Waals surface area (Å²) in [5.74, 6) is -1.88. The Bertz CT molecular complexity index is 424. The van der Waals surface area contributed by atoms with E-state index in [2.05, 4.69) is 0 Å². The van der Waals surface area contributed by atoms with Gasteiger partial charge in [-0.25, -0.2) is 0 Å². The van der Waals surface area contributed by atoms with Crippen LogP contribution in [0.5, 0.6) is 11.5 Å². The Kier molecular flexibility index (Phi) is 3.29. The first-order valence-corrected chi connectivity index (χ1v) is 4.60. The SMILES string of the molecule is CC(=O)c1cc(C(C)=O)c(O)c(CO)c1O. The molecule has 0 aliphatic rings. The maximum Gasteiger partial charge on any atom is 0.163 e. The van der Waals surface area contributed by atoms with Crippen molar-refractivity contribution in [2.24, 2.45) is 0 Å².